The standard InChI is InChI=1S/C17H13N3O3S2/c1-22-13-6-3-2-5-12(13)16-18-11(10-25-16)9-20-17(21)23-15(19-20)14-7-4-8-24-14/h2-8,10H,9H2,1H3. The number of ether oxygens (including phenoxy) is 1. The largest absolute Gasteiger partial charge is 0.496 e. The molecule has 8 heteroatoms. The fourth-order valence-electron chi connectivity index (χ4n) is 2.38. The van der Waals surface area contributed by atoms with Gasteiger partial charge in [0.2, 0.25) is 0 Å². The Labute approximate surface area is 151 Å². The summed E-state index contributed by atoms with van der Waals surface area (Å²) in [5.74, 6) is 0.609. The van der Waals surface area contributed by atoms with Gasteiger partial charge in [-0.25, -0.2) is 9.78 Å². The Bertz CT molecular complexity index is 1050. The second-order valence-corrected chi connectivity index (χ2v) is 6.96. The number of para-hydroxylation sites is 1. The van der Waals surface area contributed by atoms with Crippen molar-refractivity contribution in [3.05, 3.63) is 63.4 Å². The first-order valence-corrected chi connectivity index (χ1v) is 9.20. The molecule has 0 aliphatic carbocycles. The van der Waals surface area contributed by atoms with E-state index in [-0.39, 0.29) is 6.54 Å². The Kier molecular flexibility index (Phi) is 4.21. The van der Waals surface area contributed by atoms with Crippen molar-refractivity contribution in [2.45, 2.75) is 6.54 Å². The monoisotopic (exact) mass is 371 g/mol. The topological polar surface area (TPSA) is 70.2 Å². The molecule has 0 saturated carbocycles. The summed E-state index contributed by atoms with van der Waals surface area (Å²) in [6.07, 6.45) is 0. The van der Waals surface area contributed by atoms with Crippen LogP contribution >= 0.6 is 22.7 Å². The summed E-state index contributed by atoms with van der Waals surface area (Å²) in [4.78, 5) is 17.4. The third-order valence-corrected chi connectivity index (χ3v) is 5.32. The van der Waals surface area contributed by atoms with Crippen LogP contribution in [0.2, 0.25) is 0 Å². The fraction of sp³-hybridized carbons (Fsp3) is 0.118. The zero-order chi connectivity index (χ0) is 17.2. The summed E-state index contributed by atoms with van der Waals surface area (Å²) in [5, 5.41) is 8.91. The Balaban J connectivity index is 1.61. The number of thiazole rings is 1. The maximum Gasteiger partial charge on any atom is 0.437 e. The molecule has 0 amide bonds. The van der Waals surface area contributed by atoms with Gasteiger partial charge in [0, 0.05) is 5.38 Å². The molecule has 1 aromatic carbocycles. The molecule has 25 heavy (non-hydrogen) atoms. The minimum Gasteiger partial charge on any atom is -0.496 e. The molecule has 0 bridgehead atoms. The van der Waals surface area contributed by atoms with Gasteiger partial charge >= 0.3 is 5.76 Å². The molecule has 0 spiro atoms. The van der Waals surface area contributed by atoms with Gasteiger partial charge < -0.3 is 9.15 Å². The van der Waals surface area contributed by atoms with Gasteiger partial charge in [-0.3, -0.25) is 0 Å². The molecule has 4 aromatic rings. The third-order valence-electron chi connectivity index (χ3n) is 3.54. The molecule has 0 saturated heterocycles. The van der Waals surface area contributed by atoms with Crippen LogP contribution in [0.3, 0.4) is 0 Å². The van der Waals surface area contributed by atoms with E-state index in [0.717, 1.165) is 26.9 Å². The average molecular weight is 371 g/mol. The minimum atomic E-state index is -0.491. The summed E-state index contributed by atoms with van der Waals surface area (Å²) in [5.41, 5.74) is 1.67. The summed E-state index contributed by atoms with van der Waals surface area (Å²) >= 11 is 2.97. The van der Waals surface area contributed by atoms with Crippen molar-refractivity contribution >= 4 is 22.7 Å². The second kappa shape index (κ2) is 6.66. The van der Waals surface area contributed by atoms with Gasteiger partial charge in [0.25, 0.3) is 5.89 Å². The van der Waals surface area contributed by atoms with Crippen molar-refractivity contribution in [1.82, 2.24) is 14.8 Å². The number of nitrogens with zero attached hydrogens (tertiary/aromatic N) is 3. The maximum absolute atomic E-state index is 12.0. The Morgan fingerprint density at radius 3 is 2.88 bits per heavy atom. The van der Waals surface area contributed by atoms with Gasteiger partial charge in [-0.1, -0.05) is 18.2 Å². The van der Waals surface area contributed by atoms with Crippen LogP contribution in [0.4, 0.5) is 0 Å². The summed E-state index contributed by atoms with van der Waals surface area (Å²) in [6, 6.07) is 11.5. The molecular weight excluding hydrogens is 358 g/mol. The van der Waals surface area contributed by atoms with Crippen LogP contribution in [0, 0.1) is 0 Å². The van der Waals surface area contributed by atoms with Crippen molar-refractivity contribution in [2.75, 3.05) is 7.11 Å². The number of methoxy groups -OCH3 is 1. The van der Waals surface area contributed by atoms with Crippen molar-refractivity contribution in [3.8, 4) is 27.1 Å². The smallest absolute Gasteiger partial charge is 0.437 e. The van der Waals surface area contributed by atoms with Gasteiger partial charge in [0.1, 0.15) is 10.8 Å². The highest BCUT2D eigenvalue weighted by Crippen LogP contribution is 2.32. The van der Waals surface area contributed by atoms with Crippen LogP contribution < -0.4 is 10.5 Å². The molecular formula is C17H13N3O3S2. The second-order valence-electron chi connectivity index (χ2n) is 5.15. The summed E-state index contributed by atoms with van der Waals surface area (Å²) in [7, 11) is 1.63. The molecule has 0 radical (unpaired) electrons. The molecule has 4 rings (SSSR count). The van der Waals surface area contributed by atoms with Gasteiger partial charge in [0.05, 0.1) is 29.8 Å². The van der Waals surface area contributed by atoms with E-state index < -0.39 is 5.76 Å². The quantitative estimate of drug-likeness (QED) is 0.534. The molecule has 6 nitrogen and oxygen atoms in total. The molecule has 0 aliphatic rings. The minimum absolute atomic E-state index is 0.263. The number of hydrogen-bond donors (Lipinski definition) is 0. The highest BCUT2D eigenvalue weighted by atomic mass is 32.1. The van der Waals surface area contributed by atoms with Crippen molar-refractivity contribution in [2.24, 2.45) is 0 Å². The van der Waals surface area contributed by atoms with Crippen molar-refractivity contribution in [1.29, 1.82) is 0 Å². The number of benzene rings is 1. The average Bonchev–Trinajstić information content (AvgIpc) is 3.37. The first kappa shape index (κ1) is 15.8. The van der Waals surface area contributed by atoms with E-state index in [4.69, 9.17) is 9.15 Å². The Morgan fingerprint density at radius 2 is 2.08 bits per heavy atom. The van der Waals surface area contributed by atoms with Crippen molar-refractivity contribution in [3.63, 3.8) is 0 Å². The number of aromatic nitrogens is 3. The zero-order valence-corrected chi connectivity index (χ0v) is 14.8. The molecule has 0 N–H and O–H groups in total. The first-order valence-electron chi connectivity index (χ1n) is 7.44. The van der Waals surface area contributed by atoms with Crippen LogP contribution in [0.5, 0.6) is 5.75 Å². The number of rotatable bonds is 5. The lowest BCUT2D eigenvalue weighted by molar-refractivity contribution is 0.416. The number of hydrogen-bond acceptors (Lipinski definition) is 7. The molecule has 3 aromatic heterocycles. The molecule has 0 aliphatic heterocycles. The zero-order valence-electron chi connectivity index (χ0n) is 13.2. The molecule has 0 unspecified atom stereocenters. The Morgan fingerprint density at radius 1 is 1.20 bits per heavy atom. The number of thiophene rings is 1. The van der Waals surface area contributed by atoms with Crippen LogP contribution in [-0.2, 0) is 6.54 Å². The highest BCUT2D eigenvalue weighted by Gasteiger charge is 2.14. The van der Waals surface area contributed by atoms with E-state index in [1.807, 2.05) is 47.2 Å². The van der Waals surface area contributed by atoms with Crippen LogP contribution in [0.1, 0.15) is 5.69 Å². The fourth-order valence-corrected chi connectivity index (χ4v) is 3.87. The van der Waals surface area contributed by atoms with Crippen LogP contribution in [0.15, 0.2) is 56.4 Å². The normalized spacial score (nSPS) is 10.9. The highest BCUT2D eigenvalue weighted by molar-refractivity contribution is 7.13. The lowest BCUT2D eigenvalue weighted by Gasteiger charge is -2.04. The van der Waals surface area contributed by atoms with Crippen LogP contribution in [-0.4, -0.2) is 21.9 Å². The predicted octanol–water partition coefficient (Wildman–Crippen LogP) is 3.75. The lowest BCUT2D eigenvalue weighted by Crippen LogP contribution is -2.16. The first-order chi connectivity index (χ1) is 12.2. The molecule has 3 heterocycles. The molecule has 0 atom stereocenters. The van der Waals surface area contributed by atoms with Gasteiger partial charge in [-0.2, -0.15) is 4.68 Å². The summed E-state index contributed by atoms with van der Waals surface area (Å²) < 4.78 is 11.9. The summed E-state index contributed by atoms with van der Waals surface area (Å²) in [6.45, 7) is 0.263. The third kappa shape index (κ3) is 3.13. The maximum atomic E-state index is 12.0. The van der Waals surface area contributed by atoms with E-state index >= 15 is 0 Å². The van der Waals surface area contributed by atoms with Gasteiger partial charge in [0.15, 0.2) is 0 Å². The van der Waals surface area contributed by atoms with E-state index in [0.29, 0.717) is 5.89 Å². The van der Waals surface area contributed by atoms with E-state index in [9.17, 15) is 4.79 Å². The van der Waals surface area contributed by atoms with Gasteiger partial charge in [-0.05, 0) is 23.6 Å². The molecule has 126 valence electrons. The van der Waals surface area contributed by atoms with Gasteiger partial charge in [-0.15, -0.1) is 27.8 Å². The predicted molar refractivity (Wildman–Crippen MR) is 97.3 cm³/mol. The van der Waals surface area contributed by atoms with E-state index in [1.165, 1.54) is 27.4 Å². The van der Waals surface area contributed by atoms with Crippen LogP contribution in [0.25, 0.3) is 21.3 Å². The SMILES string of the molecule is COc1ccccc1-c1nc(Cn2nc(-c3cccs3)oc2=O)cs1. The Hall–Kier alpha value is -2.71. The van der Waals surface area contributed by atoms with E-state index in [2.05, 4.69) is 10.1 Å². The van der Waals surface area contributed by atoms with Crippen molar-refractivity contribution < 1.29 is 9.15 Å². The molecule has 0 fully saturated rings. The lowest BCUT2D eigenvalue weighted by atomic mass is 10.2. The van der Waals surface area contributed by atoms with E-state index in [1.54, 1.807) is 7.11 Å².